The molecule has 0 saturated heterocycles. The molecule has 0 saturated carbocycles. The van der Waals surface area contributed by atoms with Crippen molar-refractivity contribution in [3.63, 3.8) is 0 Å². The van der Waals surface area contributed by atoms with Gasteiger partial charge >= 0.3 is 18.1 Å². The Bertz CT molecular complexity index is 917. The molecule has 0 heterocycles. The van der Waals surface area contributed by atoms with E-state index in [0.717, 1.165) is 22.6 Å². The standard InChI is InChI=1S/C21H21F3O7S/c1-13-8-17(6-7-18(13)31-11-20(27)28)32-12-16(30-10-19(25)26)9-29-15-4-2-14(3-5-15)21(22,23)24/h2-8,16H,9-12H2,1H3,(H,25,26)(H,27,28). The van der Waals surface area contributed by atoms with E-state index in [4.69, 9.17) is 24.4 Å². The van der Waals surface area contributed by atoms with E-state index in [1.54, 1.807) is 25.1 Å². The summed E-state index contributed by atoms with van der Waals surface area (Å²) in [6.07, 6.45) is -5.10. The van der Waals surface area contributed by atoms with Gasteiger partial charge in [-0.05, 0) is 55.0 Å². The van der Waals surface area contributed by atoms with E-state index in [9.17, 15) is 22.8 Å². The third-order valence-electron chi connectivity index (χ3n) is 3.99. The van der Waals surface area contributed by atoms with Crippen molar-refractivity contribution in [1.29, 1.82) is 0 Å². The van der Waals surface area contributed by atoms with Crippen molar-refractivity contribution in [2.24, 2.45) is 0 Å². The lowest BCUT2D eigenvalue weighted by atomic mass is 10.2. The maximum Gasteiger partial charge on any atom is 0.416 e. The van der Waals surface area contributed by atoms with Gasteiger partial charge in [0.15, 0.2) is 6.61 Å². The van der Waals surface area contributed by atoms with Crippen LogP contribution in [0.3, 0.4) is 0 Å². The SMILES string of the molecule is Cc1cc(SCC(COc2ccc(C(F)(F)F)cc2)OCC(=O)O)ccc1OCC(=O)O. The monoisotopic (exact) mass is 474 g/mol. The van der Waals surface area contributed by atoms with E-state index in [1.165, 1.54) is 23.9 Å². The molecule has 0 bridgehead atoms. The molecule has 0 aliphatic heterocycles. The molecule has 0 spiro atoms. The molecule has 7 nitrogen and oxygen atoms in total. The predicted molar refractivity (Wildman–Crippen MR) is 109 cm³/mol. The fraction of sp³-hybridized carbons (Fsp3) is 0.333. The largest absolute Gasteiger partial charge is 0.491 e. The Kier molecular flexibility index (Phi) is 9.21. The van der Waals surface area contributed by atoms with Gasteiger partial charge in [0.05, 0.1) is 5.56 Å². The van der Waals surface area contributed by atoms with E-state index >= 15 is 0 Å². The van der Waals surface area contributed by atoms with Crippen molar-refractivity contribution in [1.82, 2.24) is 0 Å². The summed E-state index contributed by atoms with van der Waals surface area (Å²) in [6, 6.07) is 9.30. The Hall–Kier alpha value is -2.92. The fourth-order valence-corrected chi connectivity index (χ4v) is 3.46. The zero-order valence-electron chi connectivity index (χ0n) is 16.9. The topological polar surface area (TPSA) is 102 Å². The lowest BCUT2D eigenvalue weighted by molar-refractivity contribution is -0.144. The summed E-state index contributed by atoms with van der Waals surface area (Å²) in [5.41, 5.74) is -0.0782. The van der Waals surface area contributed by atoms with Crippen LogP contribution < -0.4 is 9.47 Å². The number of carbonyl (C=O) groups is 2. The molecule has 1 atom stereocenters. The van der Waals surface area contributed by atoms with E-state index in [-0.39, 0.29) is 12.4 Å². The third kappa shape index (κ3) is 8.67. The van der Waals surface area contributed by atoms with Gasteiger partial charge in [-0.1, -0.05) is 0 Å². The van der Waals surface area contributed by atoms with Gasteiger partial charge in [-0.2, -0.15) is 13.2 Å². The van der Waals surface area contributed by atoms with Gasteiger partial charge in [0.25, 0.3) is 0 Å². The summed E-state index contributed by atoms with van der Waals surface area (Å²) < 4.78 is 53.9. The zero-order chi connectivity index (χ0) is 23.7. The minimum Gasteiger partial charge on any atom is -0.491 e. The van der Waals surface area contributed by atoms with Crippen molar-refractivity contribution in [2.75, 3.05) is 25.6 Å². The molecule has 2 N–H and O–H groups in total. The molecule has 11 heteroatoms. The number of rotatable bonds is 12. The number of hydrogen-bond acceptors (Lipinski definition) is 6. The number of aliphatic carboxylic acids is 2. The first-order valence-electron chi connectivity index (χ1n) is 9.26. The highest BCUT2D eigenvalue weighted by molar-refractivity contribution is 7.99. The van der Waals surface area contributed by atoms with E-state index < -0.39 is 43.0 Å². The van der Waals surface area contributed by atoms with Crippen LogP contribution in [0.2, 0.25) is 0 Å². The van der Waals surface area contributed by atoms with Crippen molar-refractivity contribution < 1.29 is 47.2 Å². The van der Waals surface area contributed by atoms with E-state index in [0.29, 0.717) is 11.5 Å². The van der Waals surface area contributed by atoms with E-state index in [2.05, 4.69) is 0 Å². The highest BCUT2D eigenvalue weighted by atomic mass is 32.2. The van der Waals surface area contributed by atoms with Gasteiger partial charge in [0, 0.05) is 10.6 Å². The first kappa shape index (κ1) is 25.3. The lowest BCUT2D eigenvalue weighted by Crippen LogP contribution is -2.27. The van der Waals surface area contributed by atoms with Gasteiger partial charge in [-0.25, -0.2) is 9.59 Å². The number of carboxylic acid groups (broad SMARTS) is 2. The minimum absolute atomic E-state index is 0.0650. The Balaban J connectivity index is 1.96. The molecule has 0 amide bonds. The first-order valence-corrected chi connectivity index (χ1v) is 10.2. The third-order valence-corrected chi connectivity index (χ3v) is 5.12. The molecule has 0 aliphatic carbocycles. The Labute approximate surface area is 186 Å². The number of hydrogen-bond donors (Lipinski definition) is 2. The average molecular weight is 474 g/mol. The van der Waals surface area contributed by atoms with Crippen molar-refractivity contribution >= 4 is 23.7 Å². The summed E-state index contributed by atoms with van der Waals surface area (Å²) >= 11 is 1.35. The number of halogens is 3. The molecule has 0 radical (unpaired) electrons. The van der Waals surface area contributed by atoms with Gasteiger partial charge in [-0.15, -0.1) is 11.8 Å². The number of benzene rings is 2. The number of aryl methyl sites for hydroxylation is 1. The Morgan fingerprint density at radius 1 is 1.00 bits per heavy atom. The maximum atomic E-state index is 12.6. The van der Waals surface area contributed by atoms with Crippen molar-refractivity contribution in [3.05, 3.63) is 53.6 Å². The van der Waals surface area contributed by atoms with Gasteiger partial charge < -0.3 is 24.4 Å². The molecule has 2 aromatic carbocycles. The van der Waals surface area contributed by atoms with Crippen LogP contribution in [0, 0.1) is 6.92 Å². The molecule has 0 aromatic heterocycles. The molecule has 174 valence electrons. The fourth-order valence-electron chi connectivity index (χ4n) is 2.47. The molecule has 1 unspecified atom stereocenters. The number of thioether (sulfide) groups is 1. The van der Waals surface area contributed by atoms with Gasteiger partial charge in [0.2, 0.25) is 0 Å². The second-order valence-corrected chi connectivity index (χ2v) is 7.67. The predicted octanol–water partition coefficient (Wildman–Crippen LogP) is 4.12. The number of carboxylic acids is 2. The smallest absolute Gasteiger partial charge is 0.416 e. The zero-order valence-corrected chi connectivity index (χ0v) is 17.7. The number of alkyl halides is 3. The summed E-state index contributed by atoms with van der Waals surface area (Å²) in [7, 11) is 0. The average Bonchev–Trinajstić information content (AvgIpc) is 2.72. The minimum atomic E-state index is -4.45. The maximum absolute atomic E-state index is 12.6. The highest BCUT2D eigenvalue weighted by Crippen LogP contribution is 2.30. The molecule has 0 aliphatic rings. The van der Waals surface area contributed by atoms with Crippen LogP contribution >= 0.6 is 11.8 Å². The lowest BCUT2D eigenvalue weighted by Gasteiger charge is -2.18. The van der Waals surface area contributed by atoms with Crippen LogP contribution in [-0.4, -0.2) is 53.8 Å². The molecule has 0 fully saturated rings. The van der Waals surface area contributed by atoms with Gasteiger partial charge in [0.1, 0.15) is 30.8 Å². The quantitative estimate of drug-likeness (QED) is 0.443. The molecule has 2 aromatic rings. The van der Waals surface area contributed by atoms with Crippen molar-refractivity contribution in [2.45, 2.75) is 24.1 Å². The van der Waals surface area contributed by atoms with Crippen molar-refractivity contribution in [3.8, 4) is 11.5 Å². The Morgan fingerprint density at radius 3 is 2.22 bits per heavy atom. The molecule has 32 heavy (non-hydrogen) atoms. The molecular formula is C21H21F3O7S. The molecule has 2 rings (SSSR count). The van der Waals surface area contributed by atoms with Gasteiger partial charge in [-0.3, -0.25) is 0 Å². The first-order chi connectivity index (χ1) is 15.0. The van der Waals surface area contributed by atoms with Crippen LogP contribution in [0.25, 0.3) is 0 Å². The van der Waals surface area contributed by atoms with E-state index in [1.807, 2.05) is 0 Å². The Morgan fingerprint density at radius 2 is 1.66 bits per heavy atom. The van der Waals surface area contributed by atoms with Crippen LogP contribution in [-0.2, 0) is 20.5 Å². The summed E-state index contributed by atoms with van der Waals surface area (Å²) in [6.45, 7) is 0.681. The van der Waals surface area contributed by atoms with Crippen LogP contribution in [0.4, 0.5) is 13.2 Å². The van der Waals surface area contributed by atoms with Crippen LogP contribution in [0.5, 0.6) is 11.5 Å². The summed E-state index contributed by atoms with van der Waals surface area (Å²) in [5, 5.41) is 17.6. The van der Waals surface area contributed by atoms with Crippen LogP contribution in [0.1, 0.15) is 11.1 Å². The molecular weight excluding hydrogens is 453 g/mol. The number of ether oxygens (including phenoxy) is 3. The normalized spacial score (nSPS) is 12.2. The second-order valence-electron chi connectivity index (χ2n) is 6.58. The summed E-state index contributed by atoms with van der Waals surface area (Å²) in [4.78, 5) is 22.3. The summed E-state index contributed by atoms with van der Waals surface area (Å²) in [5.74, 6) is -1.31. The van der Waals surface area contributed by atoms with Crippen LogP contribution in [0.15, 0.2) is 47.4 Å². The highest BCUT2D eigenvalue weighted by Gasteiger charge is 2.30. The second kappa shape index (κ2) is 11.6.